The summed E-state index contributed by atoms with van der Waals surface area (Å²) in [4.78, 5) is 42.8. The van der Waals surface area contributed by atoms with Crippen LogP contribution in [0.1, 0.15) is 65.2 Å². The summed E-state index contributed by atoms with van der Waals surface area (Å²) >= 11 is 0. The third-order valence-electron chi connectivity index (χ3n) is 6.77. The summed E-state index contributed by atoms with van der Waals surface area (Å²) < 4.78 is 0. The average Bonchev–Trinajstić information content (AvgIpc) is 2.82. The number of carbonyl (C=O) groups is 3. The smallest absolute Gasteiger partial charge is 0.255 e. The molecule has 2 heterocycles. The first-order chi connectivity index (χ1) is 15.9. The first-order valence-corrected chi connectivity index (χ1v) is 12.0. The molecule has 0 spiro atoms. The highest BCUT2D eigenvalue weighted by atomic mass is 16.2. The van der Waals surface area contributed by atoms with E-state index in [4.69, 9.17) is 0 Å². The van der Waals surface area contributed by atoms with Gasteiger partial charge in [0.1, 0.15) is 6.04 Å². The lowest BCUT2D eigenvalue weighted by atomic mass is 9.91. The zero-order valence-corrected chi connectivity index (χ0v) is 19.8. The second-order valence-electron chi connectivity index (χ2n) is 9.24. The molecule has 2 aromatic rings. The average molecular weight is 448 g/mol. The SMILES string of the molecule is CCC(=O)Nc1ccc2c(c1)CN(C(=O)c1ccc(C)cc1C)C(C(=O)N1CCCCC1)C2. The number of aryl methyl sites for hydroxylation is 2. The van der Waals surface area contributed by atoms with Gasteiger partial charge in [0.25, 0.3) is 5.91 Å². The Balaban J connectivity index is 1.68. The quantitative estimate of drug-likeness (QED) is 0.763. The van der Waals surface area contributed by atoms with Gasteiger partial charge in [-0.2, -0.15) is 0 Å². The van der Waals surface area contributed by atoms with Gasteiger partial charge in [-0.3, -0.25) is 14.4 Å². The highest BCUT2D eigenvalue weighted by Gasteiger charge is 2.38. The van der Waals surface area contributed by atoms with Gasteiger partial charge in [-0.25, -0.2) is 0 Å². The maximum absolute atomic E-state index is 13.7. The van der Waals surface area contributed by atoms with Gasteiger partial charge in [0, 0.05) is 43.7 Å². The van der Waals surface area contributed by atoms with Crippen LogP contribution in [-0.4, -0.2) is 46.7 Å². The number of fused-ring (bicyclic) bond motifs is 1. The van der Waals surface area contributed by atoms with Crippen molar-refractivity contribution in [2.75, 3.05) is 18.4 Å². The molecule has 2 aliphatic heterocycles. The van der Waals surface area contributed by atoms with Crippen LogP contribution in [0, 0.1) is 13.8 Å². The molecule has 1 N–H and O–H groups in total. The number of nitrogens with one attached hydrogen (secondary N) is 1. The van der Waals surface area contributed by atoms with Crippen molar-refractivity contribution in [1.82, 2.24) is 9.80 Å². The predicted octanol–water partition coefficient (Wildman–Crippen LogP) is 4.23. The lowest BCUT2D eigenvalue weighted by Crippen LogP contribution is -2.54. The van der Waals surface area contributed by atoms with Crippen LogP contribution < -0.4 is 5.32 Å². The molecule has 0 saturated carbocycles. The Bertz CT molecular complexity index is 1070. The molecule has 1 atom stereocenters. The van der Waals surface area contributed by atoms with Crippen molar-refractivity contribution in [2.45, 2.75) is 65.5 Å². The molecule has 0 aliphatic carbocycles. The molecule has 0 radical (unpaired) electrons. The van der Waals surface area contributed by atoms with Crippen LogP contribution in [0.25, 0.3) is 0 Å². The van der Waals surface area contributed by atoms with E-state index >= 15 is 0 Å². The predicted molar refractivity (Wildman–Crippen MR) is 129 cm³/mol. The molecule has 1 unspecified atom stereocenters. The van der Waals surface area contributed by atoms with Crippen molar-refractivity contribution < 1.29 is 14.4 Å². The molecule has 0 bridgehead atoms. The van der Waals surface area contributed by atoms with Gasteiger partial charge in [0.05, 0.1) is 0 Å². The fourth-order valence-corrected chi connectivity index (χ4v) is 4.88. The Hall–Kier alpha value is -3.15. The van der Waals surface area contributed by atoms with E-state index in [1.165, 1.54) is 0 Å². The van der Waals surface area contributed by atoms with E-state index in [-0.39, 0.29) is 17.7 Å². The maximum Gasteiger partial charge on any atom is 0.255 e. The van der Waals surface area contributed by atoms with E-state index in [0.717, 1.165) is 60.3 Å². The number of likely N-dealkylation sites (tertiary alicyclic amines) is 1. The van der Waals surface area contributed by atoms with Gasteiger partial charge < -0.3 is 15.1 Å². The highest BCUT2D eigenvalue weighted by molar-refractivity contribution is 5.99. The molecule has 2 aliphatic rings. The van der Waals surface area contributed by atoms with Crippen LogP contribution in [0.4, 0.5) is 5.69 Å². The molecule has 1 fully saturated rings. The minimum absolute atomic E-state index is 0.0434. The highest BCUT2D eigenvalue weighted by Crippen LogP contribution is 2.30. The first kappa shape index (κ1) is 23.0. The van der Waals surface area contributed by atoms with Crippen molar-refractivity contribution >= 4 is 23.4 Å². The zero-order valence-electron chi connectivity index (χ0n) is 19.8. The number of benzene rings is 2. The summed E-state index contributed by atoms with van der Waals surface area (Å²) in [5, 5.41) is 2.90. The van der Waals surface area contributed by atoms with Gasteiger partial charge in [0.2, 0.25) is 11.8 Å². The van der Waals surface area contributed by atoms with Crippen molar-refractivity contribution in [3.05, 3.63) is 64.2 Å². The van der Waals surface area contributed by atoms with Crippen molar-refractivity contribution in [3.8, 4) is 0 Å². The van der Waals surface area contributed by atoms with Gasteiger partial charge in [-0.15, -0.1) is 0 Å². The largest absolute Gasteiger partial charge is 0.341 e. The lowest BCUT2D eigenvalue weighted by Gasteiger charge is -2.40. The van der Waals surface area contributed by atoms with Crippen LogP contribution in [0.2, 0.25) is 0 Å². The second kappa shape index (κ2) is 9.77. The second-order valence-corrected chi connectivity index (χ2v) is 9.24. The van der Waals surface area contributed by atoms with Gasteiger partial charge in [-0.1, -0.05) is 30.7 Å². The number of rotatable bonds is 4. The van der Waals surface area contributed by atoms with Crippen LogP contribution in [0.3, 0.4) is 0 Å². The fraction of sp³-hybridized carbons (Fsp3) is 0.444. The first-order valence-electron chi connectivity index (χ1n) is 12.0. The Morgan fingerprint density at radius 1 is 0.970 bits per heavy atom. The molecule has 3 amide bonds. The normalized spacial score (nSPS) is 18.0. The van der Waals surface area contributed by atoms with E-state index in [9.17, 15) is 14.4 Å². The standard InChI is InChI=1S/C27H33N3O3/c1-4-25(31)28-22-10-9-20-16-24(27(33)29-12-6-5-7-13-29)30(17-21(20)15-22)26(32)23-11-8-18(2)14-19(23)3/h8-11,14-15,24H,4-7,12-13,16-17H2,1-3H3,(H,28,31). The number of anilines is 1. The fourth-order valence-electron chi connectivity index (χ4n) is 4.88. The molecule has 0 aromatic heterocycles. The molecule has 6 heteroatoms. The number of carbonyl (C=O) groups excluding carboxylic acids is 3. The third kappa shape index (κ3) is 4.95. The minimum Gasteiger partial charge on any atom is -0.341 e. The molecular weight excluding hydrogens is 414 g/mol. The van der Waals surface area contributed by atoms with E-state index in [0.29, 0.717) is 24.9 Å². The monoisotopic (exact) mass is 447 g/mol. The molecule has 4 rings (SSSR count). The van der Waals surface area contributed by atoms with Crippen molar-refractivity contribution in [1.29, 1.82) is 0 Å². The summed E-state index contributed by atoms with van der Waals surface area (Å²) in [5.41, 5.74) is 5.41. The van der Waals surface area contributed by atoms with E-state index in [2.05, 4.69) is 5.32 Å². The van der Waals surface area contributed by atoms with Crippen molar-refractivity contribution in [3.63, 3.8) is 0 Å². The number of nitrogens with zero attached hydrogens (tertiary/aromatic N) is 2. The Labute approximate surface area is 196 Å². The third-order valence-corrected chi connectivity index (χ3v) is 6.77. The number of piperidine rings is 1. The van der Waals surface area contributed by atoms with Crippen LogP contribution in [0.5, 0.6) is 0 Å². The van der Waals surface area contributed by atoms with E-state index in [1.54, 1.807) is 4.90 Å². The summed E-state index contributed by atoms with van der Waals surface area (Å²) in [5.74, 6) is -0.120. The van der Waals surface area contributed by atoms with Crippen molar-refractivity contribution in [2.24, 2.45) is 0 Å². The van der Waals surface area contributed by atoms with Crippen LogP contribution in [0.15, 0.2) is 36.4 Å². The summed E-state index contributed by atoms with van der Waals surface area (Å²) in [6.45, 7) is 7.63. The van der Waals surface area contributed by atoms with E-state index in [1.807, 2.05) is 62.1 Å². The molecule has 2 aromatic carbocycles. The summed E-state index contributed by atoms with van der Waals surface area (Å²) in [7, 11) is 0. The molecule has 6 nitrogen and oxygen atoms in total. The number of amides is 3. The summed E-state index contributed by atoms with van der Waals surface area (Å²) in [6.07, 6.45) is 4.07. The lowest BCUT2D eigenvalue weighted by molar-refractivity contribution is -0.137. The maximum atomic E-state index is 13.7. The number of hydrogen-bond acceptors (Lipinski definition) is 3. The van der Waals surface area contributed by atoms with Gasteiger partial charge >= 0.3 is 0 Å². The molecule has 33 heavy (non-hydrogen) atoms. The van der Waals surface area contributed by atoms with E-state index < -0.39 is 6.04 Å². The Morgan fingerprint density at radius 3 is 2.42 bits per heavy atom. The Morgan fingerprint density at radius 2 is 1.73 bits per heavy atom. The minimum atomic E-state index is -0.514. The van der Waals surface area contributed by atoms with Crippen LogP contribution >= 0.6 is 0 Å². The van der Waals surface area contributed by atoms with Gasteiger partial charge in [-0.05, 0) is 68.0 Å². The summed E-state index contributed by atoms with van der Waals surface area (Å²) in [6, 6.07) is 11.1. The molecular formula is C27H33N3O3. The van der Waals surface area contributed by atoms with Crippen LogP contribution in [-0.2, 0) is 22.6 Å². The number of hydrogen-bond donors (Lipinski definition) is 1. The van der Waals surface area contributed by atoms with Gasteiger partial charge in [0.15, 0.2) is 0 Å². The molecule has 174 valence electrons. The zero-order chi connectivity index (χ0) is 23.5. The Kier molecular flexibility index (Phi) is 6.82. The topological polar surface area (TPSA) is 69.7 Å². The molecule has 1 saturated heterocycles.